The standard InChI is InChI=1S/C18H26O2/c1-17(2,3)12-14(11-16(19)20)13-7-9-15(10-8-13)18(4,5)6/h7-11H,12H2,1-6H3,(H,19,20)/b14-11-. The fourth-order valence-electron chi connectivity index (χ4n) is 2.14. The Morgan fingerprint density at radius 1 is 1.05 bits per heavy atom. The molecule has 2 nitrogen and oxygen atoms in total. The fourth-order valence-corrected chi connectivity index (χ4v) is 2.14. The van der Waals surface area contributed by atoms with E-state index in [-0.39, 0.29) is 10.8 Å². The van der Waals surface area contributed by atoms with Gasteiger partial charge in [-0.2, -0.15) is 0 Å². The molecule has 0 saturated carbocycles. The molecule has 2 heteroatoms. The lowest BCUT2D eigenvalue weighted by molar-refractivity contribution is -0.131. The van der Waals surface area contributed by atoms with Crippen LogP contribution in [0.1, 0.15) is 59.1 Å². The first-order chi connectivity index (χ1) is 8.99. The van der Waals surface area contributed by atoms with Crippen LogP contribution in [-0.4, -0.2) is 11.1 Å². The van der Waals surface area contributed by atoms with E-state index in [4.69, 9.17) is 5.11 Å². The van der Waals surface area contributed by atoms with Crippen molar-refractivity contribution in [2.45, 2.75) is 53.4 Å². The first-order valence-corrected chi connectivity index (χ1v) is 7.03. The summed E-state index contributed by atoms with van der Waals surface area (Å²) >= 11 is 0. The van der Waals surface area contributed by atoms with Gasteiger partial charge in [0.2, 0.25) is 0 Å². The third kappa shape index (κ3) is 5.20. The van der Waals surface area contributed by atoms with Crippen molar-refractivity contribution in [1.82, 2.24) is 0 Å². The Kier molecular flexibility index (Phi) is 4.80. The van der Waals surface area contributed by atoms with Gasteiger partial charge >= 0.3 is 5.97 Å². The van der Waals surface area contributed by atoms with Gasteiger partial charge in [0.25, 0.3) is 0 Å². The molecule has 0 aliphatic rings. The molecule has 1 aromatic carbocycles. The number of carbonyl (C=O) groups is 1. The lowest BCUT2D eigenvalue weighted by Crippen LogP contribution is -2.11. The first kappa shape index (κ1) is 16.5. The molecule has 110 valence electrons. The highest BCUT2D eigenvalue weighted by atomic mass is 16.4. The third-order valence-corrected chi connectivity index (χ3v) is 3.14. The van der Waals surface area contributed by atoms with Crippen LogP contribution in [0.4, 0.5) is 0 Å². The highest BCUT2D eigenvalue weighted by Crippen LogP contribution is 2.31. The summed E-state index contributed by atoms with van der Waals surface area (Å²) in [6.07, 6.45) is 2.07. The second-order valence-corrected chi connectivity index (χ2v) is 7.57. The minimum absolute atomic E-state index is 0.0595. The van der Waals surface area contributed by atoms with Gasteiger partial charge < -0.3 is 5.11 Å². The molecule has 1 aromatic rings. The van der Waals surface area contributed by atoms with E-state index in [0.29, 0.717) is 0 Å². The van der Waals surface area contributed by atoms with Crippen molar-refractivity contribution in [3.63, 3.8) is 0 Å². The number of carboxylic acid groups (broad SMARTS) is 1. The van der Waals surface area contributed by atoms with Crippen LogP contribution >= 0.6 is 0 Å². The molecule has 0 bridgehead atoms. The van der Waals surface area contributed by atoms with Gasteiger partial charge in [-0.25, -0.2) is 4.79 Å². The van der Waals surface area contributed by atoms with Crippen LogP contribution in [0, 0.1) is 5.41 Å². The molecule has 0 aromatic heterocycles. The quantitative estimate of drug-likeness (QED) is 0.797. The summed E-state index contributed by atoms with van der Waals surface area (Å²) in [6, 6.07) is 8.24. The number of rotatable bonds is 3. The number of hydrogen-bond donors (Lipinski definition) is 1. The van der Waals surface area contributed by atoms with E-state index in [1.165, 1.54) is 11.6 Å². The maximum Gasteiger partial charge on any atom is 0.328 e. The zero-order chi connectivity index (χ0) is 15.6. The van der Waals surface area contributed by atoms with Gasteiger partial charge in [0.05, 0.1) is 0 Å². The molecule has 0 heterocycles. The van der Waals surface area contributed by atoms with Crippen LogP contribution in [0.15, 0.2) is 30.3 Å². The van der Waals surface area contributed by atoms with Crippen molar-refractivity contribution < 1.29 is 9.90 Å². The van der Waals surface area contributed by atoms with Crippen LogP contribution < -0.4 is 0 Å². The Bertz CT molecular complexity index is 494. The van der Waals surface area contributed by atoms with Crippen LogP contribution in [0.5, 0.6) is 0 Å². The van der Waals surface area contributed by atoms with Gasteiger partial charge in [-0.1, -0.05) is 65.8 Å². The average molecular weight is 274 g/mol. The second-order valence-electron chi connectivity index (χ2n) is 7.57. The van der Waals surface area contributed by atoms with Gasteiger partial charge in [0, 0.05) is 6.08 Å². The van der Waals surface area contributed by atoms with Crippen molar-refractivity contribution >= 4 is 11.5 Å². The van der Waals surface area contributed by atoms with E-state index >= 15 is 0 Å². The predicted octanol–water partition coefficient (Wildman–Crippen LogP) is 4.89. The van der Waals surface area contributed by atoms with E-state index in [2.05, 4.69) is 53.7 Å². The zero-order valence-electron chi connectivity index (χ0n) is 13.4. The maximum atomic E-state index is 11.0. The predicted molar refractivity (Wildman–Crippen MR) is 84.8 cm³/mol. The van der Waals surface area contributed by atoms with Crippen molar-refractivity contribution in [3.05, 3.63) is 41.5 Å². The monoisotopic (exact) mass is 274 g/mol. The molecule has 0 saturated heterocycles. The lowest BCUT2D eigenvalue weighted by Gasteiger charge is -2.22. The molecule has 0 fully saturated rings. The van der Waals surface area contributed by atoms with Crippen LogP contribution in [0.25, 0.3) is 5.57 Å². The van der Waals surface area contributed by atoms with Gasteiger partial charge in [0.1, 0.15) is 0 Å². The normalized spacial score (nSPS) is 13.4. The minimum Gasteiger partial charge on any atom is -0.478 e. The Morgan fingerprint density at radius 3 is 1.90 bits per heavy atom. The number of benzene rings is 1. The summed E-state index contributed by atoms with van der Waals surface area (Å²) in [5.74, 6) is -0.885. The zero-order valence-corrected chi connectivity index (χ0v) is 13.4. The highest BCUT2D eigenvalue weighted by Gasteiger charge is 2.17. The topological polar surface area (TPSA) is 37.3 Å². The molecule has 1 N–H and O–H groups in total. The number of hydrogen-bond acceptors (Lipinski definition) is 1. The van der Waals surface area contributed by atoms with E-state index in [1.807, 2.05) is 12.1 Å². The lowest BCUT2D eigenvalue weighted by atomic mass is 9.83. The fraction of sp³-hybridized carbons (Fsp3) is 0.500. The Hall–Kier alpha value is -1.57. The van der Waals surface area contributed by atoms with E-state index in [1.54, 1.807) is 0 Å². The van der Waals surface area contributed by atoms with E-state index < -0.39 is 5.97 Å². The SMILES string of the molecule is CC(C)(C)C/C(=C/C(=O)O)c1ccc(C(C)(C)C)cc1. The summed E-state index contributed by atoms with van der Waals surface area (Å²) in [4.78, 5) is 11.0. The smallest absolute Gasteiger partial charge is 0.328 e. The molecule has 0 aliphatic carbocycles. The molecule has 1 rings (SSSR count). The average Bonchev–Trinajstić information content (AvgIpc) is 2.24. The maximum absolute atomic E-state index is 11.0. The van der Waals surface area contributed by atoms with Gasteiger partial charge in [0.15, 0.2) is 0 Å². The van der Waals surface area contributed by atoms with E-state index in [0.717, 1.165) is 17.6 Å². The number of aliphatic carboxylic acids is 1. The van der Waals surface area contributed by atoms with Gasteiger partial charge in [-0.3, -0.25) is 0 Å². The van der Waals surface area contributed by atoms with Gasteiger partial charge in [-0.05, 0) is 34.0 Å². The minimum atomic E-state index is -0.885. The summed E-state index contributed by atoms with van der Waals surface area (Å²) in [5.41, 5.74) is 3.30. The molecule has 20 heavy (non-hydrogen) atoms. The summed E-state index contributed by atoms with van der Waals surface area (Å²) in [6.45, 7) is 12.9. The summed E-state index contributed by atoms with van der Waals surface area (Å²) in [7, 11) is 0. The summed E-state index contributed by atoms with van der Waals surface area (Å²) in [5, 5.41) is 9.05. The molecule has 0 atom stereocenters. The summed E-state index contributed by atoms with van der Waals surface area (Å²) < 4.78 is 0. The highest BCUT2D eigenvalue weighted by molar-refractivity contribution is 5.90. The van der Waals surface area contributed by atoms with Crippen LogP contribution in [-0.2, 0) is 10.2 Å². The van der Waals surface area contributed by atoms with Crippen LogP contribution in [0.2, 0.25) is 0 Å². The first-order valence-electron chi connectivity index (χ1n) is 7.03. The number of allylic oxidation sites excluding steroid dienone is 1. The molecule has 0 spiro atoms. The number of carboxylic acids is 1. The molecular formula is C18H26O2. The Morgan fingerprint density at radius 2 is 1.55 bits per heavy atom. The van der Waals surface area contributed by atoms with Crippen molar-refractivity contribution in [2.24, 2.45) is 5.41 Å². The third-order valence-electron chi connectivity index (χ3n) is 3.14. The van der Waals surface area contributed by atoms with Gasteiger partial charge in [-0.15, -0.1) is 0 Å². The Labute approximate surface area is 122 Å². The van der Waals surface area contributed by atoms with E-state index in [9.17, 15) is 4.79 Å². The largest absolute Gasteiger partial charge is 0.478 e. The van der Waals surface area contributed by atoms with Crippen molar-refractivity contribution in [1.29, 1.82) is 0 Å². The molecular weight excluding hydrogens is 248 g/mol. The van der Waals surface area contributed by atoms with Crippen molar-refractivity contribution in [2.75, 3.05) is 0 Å². The molecule has 0 amide bonds. The molecule has 0 aliphatic heterocycles. The Balaban J connectivity index is 3.13. The molecule has 0 radical (unpaired) electrons. The van der Waals surface area contributed by atoms with Crippen LogP contribution in [0.3, 0.4) is 0 Å². The molecule has 0 unspecified atom stereocenters. The van der Waals surface area contributed by atoms with Crippen molar-refractivity contribution in [3.8, 4) is 0 Å². The second kappa shape index (κ2) is 5.82.